The van der Waals surface area contributed by atoms with Gasteiger partial charge in [-0.3, -0.25) is 9.36 Å². The maximum absolute atomic E-state index is 13.5. The van der Waals surface area contributed by atoms with Crippen molar-refractivity contribution in [2.45, 2.75) is 104 Å². The Labute approximate surface area is 230 Å². The van der Waals surface area contributed by atoms with E-state index in [9.17, 15) is 14.4 Å². The second-order valence-electron chi connectivity index (χ2n) is 12.8. The third-order valence-corrected chi connectivity index (χ3v) is 5.85. The summed E-state index contributed by atoms with van der Waals surface area (Å²) in [6.45, 7) is 16.0. The molecule has 11 nitrogen and oxygen atoms in total. The summed E-state index contributed by atoms with van der Waals surface area (Å²) in [5, 5.41) is 0. The molecule has 2 heterocycles. The molecule has 2 amide bonds. The molecule has 1 fully saturated rings. The van der Waals surface area contributed by atoms with Crippen LogP contribution in [-0.4, -0.2) is 65.9 Å². The van der Waals surface area contributed by atoms with Gasteiger partial charge in [-0.1, -0.05) is 0 Å². The lowest BCUT2D eigenvalue weighted by atomic mass is 9.97. The van der Waals surface area contributed by atoms with Crippen molar-refractivity contribution in [1.29, 1.82) is 0 Å². The lowest BCUT2D eigenvalue weighted by Gasteiger charge is -2.28. The minimum absolute atomic E-state index is 0.0804. The number of carbonyl (C=O) groups is 3. The number of rotatable bonds is 7. The number of aromatic nitrogens is 4. The highest BCUT2D eigenvalue weighted by Crippen LogP contribution is 2.57. The van der Waals surface area contributed by atoms with Gasteiger partial charge in [0.25, 0.3) is 0 Å². The van der Waals surface area contributed by atoms with Crippen molar-refractivity contribution in [3.8, 4) is 5.95 Å². The third-order valence-electron chi connectivity index (χ3n) is 5.85. The molecule has 214 valence electrons. The minimum Gasteiger partial charge on any atom is -0.459 e. The summed E-state index contributed by atoms with van der Waals surface area (Å²) in [5.41, 5.74) is -2.59. The van der Waals surface area contributed by atoms with E-state index >= 15 is 0 Å². The molecule has 0 unspecified atom stereocenters. The number of nitrogens with zero attached hydrogens (tertiary/aromatic N) is 5. The molecule has 39 heavy (non-hydrogen) atoms. The summed E-state index contributed by atoms with van der Waals surface area (Å²) in [6.07, 6.45) is 6.59. The third kappa shape index (κ3) is 8.00. The van der Waals surface area contributed by atoms with Gasteiger partial charge in [0.1, 0.15) is 28.5 Å². The minimum atomic E-state index is -0.935. The van der Waals surface area contributed by atoms with Crippen LogP contribution in [0.15, 0.2) is 31.0 Å². The topological polar surface area (TPSA) is 126 Å². The molecule has 0 N–H and O–H groups in total. The lowest BCUT2D eigenvalue weighted by Crippen LogP contribution is -2.44. The van der Waals surface area contributed by atoms with Crippen LogP contribution in [0.1, 0.15) is 87.3 Å². The first-order valence-corrected chi connectivity index (χ1v) is 13.2. The fourth-order valence-electron chi connectivity index (χ4n) is 4.19. The molecule has 1 aliphatic rings. The zero-order valence-electron chi connectivity index (χ0n) is 24.5. The van der Waals surface area contributed by atoms with E-state index in [1.165, 1.54) is 0 Å². The number of carbonyl (C=O) groups excluding carboxylic acids is 3. The first-order chi connectivity index (χ1) is 17.9. The van der Waals surface area contributed by atoms with E-state index in [-0.39, 0.29) is 18.4 Å². The molecule has 2 aromatic heterocycles. The van der Waals surface area contributed by atoms with Crippen LogP contribution in [0, 0.1) is 5.92 Å². The summed E-state index contributed by atoms with van der Waals surface area (Å²) in [5.74, 6) is 0.0000347. The highest BCUT2D eigenvalue weighted by molar-refractivity contribution is 5.88. The quantitative estimate of drug-likeness (QED) is 0.341. The Morgan fingerprint density at radius 1 is 0.897 bits per heavy atom. The van der Waals surface area contributed by atoms with Crippen LogP contribution in [0.4, 0.5) is 9.59 Å². The van der Waals surface area contributed by atoms with Gasteiger partial charge in [0, 0.05) is 25.1 Å². The average Bonchev–Trinajstić information content (AvgIpc) is 3.29. The van der Waals surface area contributed by atoms with E-state index < -0.39 is 34.4 Å². The van der Waals surface area contributed by atoms with Gasteiger partial charge in [0.2, 0.25) is 5.95 Å². The highest BCUT2D eigenvalue weighted by atomic mass is 16.6. The van der Waals surface area contributed by atoms with E-state index in [2.05, 4.69) is 15.0 Å². The number of ether oxygens (including phenoxy) is 3. The molecule has 1 saturated carbocycles. The van der Waals surface area contributed by atoms with Crippen LogP contribution in [0.3, 0.4) is 0 Å². The fraction of sp³-hybridized carbons (Fsp3) is 0.643. The van der Waals surface area contributed by atoms with Gasteiger partial charge in [-0.25, -0.2) is 29.4 Å². The maximum atomic E-state index is 13.5. The van der Waals surface area contributed by atoms with E-state index in [1.54, 1.807) is 77.1 Å². The number of amides is 2. The van der Waals surface area contributed by atoms with Crippen molar-refractivity contribution in [2.24, 2.45) is 5.92 Å². The number of imidazole rings is 1. The molecule has 0 aliphatic heterocycles. The number of esters is 1. The maximum Gasteiger partial charge on any atom is 0.419 e. The Bertz CT molecular complexity index is 1150. The van der Waals surface area contributed by atoms with Crippen molar-refractivity contribution in [3.63, 3.8) is 0 Å². The summed E-state index contributed by atoms with van der Waals surface area (Å²) in [7, 11) is 0. The van der Waals surface area contributed by atoms with Crippen molar-refractivity contribution in [3.05, 3.63) is 36.7 Å². The Morgan fingerprint density at radius 2 is 1.44 bits per heavy atom. The van der Waals surface area contributed by atoms with Gasteiger partial charge in [-0.05, 0) is 93.6 Å². The number of hydrogen-bond donors (Lipinski definition) is 0. The van der Waals surface area contributed by atoms with Gasteiger partial charge in [0.15, 0.2) is 0 Å². The predicted molar refractivity (Wildman–Crippen MR) is 143 cm³/mol. The second kappa shape index (κ2) is 10.9. The van der Waals surface area contributed by atoms with Crippen molar-refractivity contribution >= 4 is 18.2 Å². The smallest absolute Gasteiger partial charge is 0.419 e. The van der Waals surface area contributed by atoms with E-state index in [4.69, 9.17) is 14.2 Å². The van der Waals surface area contributed by atoms with E-state index in [1.807, 2.05) is 20.8 Å². The molecule has 2 aromatic rings. The van der Waals surface area contributed by atoms with Crippen LogP contribution in [0.5, 0.6) is 0 Å². The average molecular weight is 544 g/mol. The van der Waals surface area contributed by atoms with Crippen LogP contribution in [0.25, 0.3) is 5.95 Å². The van der Waals surface area contributed by atoms with Crippen molar-refractivity contribution < 1.29 is 28.6 Å². The Hall–Kier alpha value is -3.50. The SMILES string of the molecule is CC(C)(C)OC(=O)N(CCC[C@H]1C[C@]1(C(=O)OC(C)(C)C)c1cn(-c2ncccn2)cn1)C(=O)OC(C)(C)C. The van der Waals surface area contributed by atoms with E-state index in [0.717, 1.165) is 4.90 Å². The molecule has 0 saturated heterocycles. The first-order valence-electron chi connectivity index (χ1n) is 13.2. The second-order valence-corrected chi connectivity index (χ2v) is 12.8. The van der Waals surface area contributed by atoms with Gasteiger partial charge in [-0.2, -0.15) is 0 Å². The Kier molecular flexibility index (Phi) is 8.43. The van der Waals surface area contributed by atoms with Gasteiger partial charge >= 0.3 is 18.2 Å². The molecule has 0 aromatic carbocycles. The van der Waals surface area contributed by atoms with Gasteiger partial charge < -0.3 is 14.2 Å². The molecule has 1 aliphatic carbocycles. The largest absolute Gasteiger partial charge is 0.459 e. The zero-order chi connectivity index (χ0) is 29.2. The number of hydrogen-bond acceptors (Lipinski definition) is 9. The van der Waals surface area contributed by atoms with Crippen LogP contribution >= 0.6 is 0 Å². The van der Waals surface area contributed by atoms with Gasteiger partial charge in [-0.15, -0.1) is 0 Å². The monoisotopic (exact) mass is 543 g/mol. The predicted octanol–water partition coefficient (Wildman–Crippen LogP) is 5.21. The first kappa shape index (κ1) is 30.0. The van der Waals surface area contributed by atoms with Crippen molar-refractivity contribution in [2.75, 3.05) is 6.54 Å². The van der Waals surface area contributed by atoms with Crippen LogP contribution in [0.2, 0.25) is 0 Å². The summed E-state index contributed by atoms with van der Waals surface area (Å²) < 4.78 is 18.4. The molecule has 0 spiro atoms. The molecule has 0 radical (unpaired) electrons. The molecular formula is C28H41N5O6. The normalized spacial score (nSPS) is 19.3. The lowest BCUT2D eigenvalue weighted by molar-refractivity contribution is -0.158. The summed E-state index contributed by atoms with van der Waals surface area (Å²) >= 11 is 0. The summed E-state index contributed by atoms with van der Waals surface area (Å²) in [6, 6.07) is 1.72. The Morgan fingerprint density at radius 3 is 1.95 bits per heavy atom. The zero-order valence-corrected chi connectivity index (χ0v) is 24.5. The standard InChI is InChI=1S/C28H41N5O6/c1-25(2,3)37-21(34)28(20-17-32(18-31-20)22-29-13-11-14-30-22)16-19(28)12-10-15-33(23(35)38-26(4,5)6)24(36)39-27(7,8)9/h11,13-14,17-19H,10,12,15-16H2,1-9H3/t19-,28+/m0/s1. The molecule has 2 atom stereocenters. The summed E-state index contributed by atoms with van der Waals surface area (Å²) in [4.78, 5) is 53.1. The number of imide groups is 1. The van der Waals surface area contributed by atoms with Crippen LogP contribution in [-0.2, 0) is 24.4 Å². The van der Waals surface area contributed by atoms with Crippen molar-refractivity contribution in [1.82, 2.24) is 24.4 Å². The van der Waals surface area contributed by atoms with Gasteiger partial charge in [0.05, 0.1) is 5.69 Å². The molecular weight excluding hydrogens is 502 g/mol. The molecule has 3 rings (SSSR count). The van der Waals surface area contributed by atoms with Crippen LogP contribution < -0.4 is 0 Å². The Balaban J connectivity index is 1.78. The van der Waals surface area contributed by atoms with E-state index in [0.29, 0.717) is 30.9 Å². The fourth-order valence-corrected chi connectivity index (χ4v) is 4.19. The highest BCUT2D eigenvalue weighted by Gasteiger charge is 2.63. The molecule has 0 bridgehead atoms. The molecule has 11 heteroatoms.